The molecule has 2 aromatic rings. The second-order valence-corrected chi connectivity index (χ2v) is 4.95. The predicted octanol–water partition coefficient (Wildman–Crippen LogP) is 1.57. The molecule has 1 aromatic heterocycles. The summed E-state index contributed by atoms with van der Waals surface area (Å²) in [7, 11) is 0. The van der Waals surface area contributed by atoms with Crippen molar-refractivity contribution in [2.75, 3.05) is 0 Å². The zero-order valence-electron chi connectivity index (χ0n) is 11.7. The van der Waals surface area contributed by atoms with Gasteiger partial charge in [0.25, 0.3) is 0 Å². The summed E-state index contributed by atoms with van der Waals surface area (Å²) in [6.07, 6.45) is 0. The maximum absolute atomic E-state index is 11.9. The van der Waals surface area contributed by atoms with Crippen LogP contribution >= 0.6 is 0 Å². The Hall–Kier alpha value is -2.37. The number of aromatic nitrogens is 2. The number of aromatic carboxylic acids is 1. The van der Waals surface area contributed by atoms with Crippen molar-refractivity contribution in [3.05, 3.63) is 29.6 Å². The van der Waals surface area contributed by atoms with Gasteiger partial charge in [-0.3, -0.25) is 4.79 Å². The van der Waals surface area contributed by atoms with Crippen LogP contribution in [0.2, 0.25) is 0 Å². The largest absolute Gasteiger partial charge is 0.478 e. The SMILES string of the molecule is Cc1nc2cccc(C(=O)O)c2n1CC(=O)NC(C)C. The average Bonchev–Trinajstić information content (AvgIpc) is 2.64. The molecule has 0 fully saturated rings. The van der Waals surface area contributed by atoms with Crippen molar-refractivity contribution in [1.29, 1.82) is 0 Å². The standard InChI is InChI=1S/C14H17N3O3/c1-8(2)15-12(18)7-17-9(3)16-11-6-4-5-10(13(11)17)14(19)20/h4-6,8H,7H2,1-3H3,(H,15,18)(H,19,20). The molecule has 106 valence electrons. The van der Waals surface area contributed by atoms with E-state index in [0.29, 0.717) is 16.9 Å². The lowest BCUT2D eigenvalue weighted by molar-refractivity contribution is -0.122. The molecule has 0 aliphatic heterocycles. The number of carbonyl (C=O) groups is 2. The molecule has 0 saturated carbocycles. The number of hydrogen-bond acceptors (Lipinski definition) is 3. The number of benzene rings is 1. The van der Waals surface area contributed by atoms with Crippen LogP contribution in [0.3, 0.4) is 0 Å². The topological polar surface area (TPSA) is 84.2 Å². The average molecular weight is 275 g/mol. The number of aryl methyl sites for hydroxylation is 1. The Morgan fingerprint density at radius 2 is 2.10 bits per heavy atom. The normalized spacial score (nSPS) is 11.0. The number of carboxylic acids is 1. The summed E-state index contributed by atoms with van der Waals surface area (Å²) < 4.78 is 1.64. The van der Waals surface area contributed by atoms with Crippen LogP contribution in [0, 0.1) is 6.92 Å². The Morgan fingerprint density at radius 3 is 2.70 bits per heavy atom. The van der Waals surface area contributed by atoms with E-state index in [4.69, 9.17) is 0 Å². The Morgan fingerprint density at radius 1 is 1.40 bits per heavy atom. The van der Waals surface area contributed by atoms with E-state index in [1.165, 1.54) is 6.07 Å². The van der Waals surface area contributed by atoms with Gasteiger partial charge < -0.3 is 15.0 Å². The summed E-state index contributed by atoms with van der Waals surface area (Å²) in [4.78, 5) is 27.5. The second-order valence-electron chi connectivity index (χ2n) is 4.95. The first-order chi connectivity index (χ1) is 9.40. The molecule has 1 heterocycles. The van der Waals surface area contributed by atoms with Crippen molar-refractivity contribution in [3.8, 4) is 0 Å². The Balaban J connectivity index is 2.49. The molecule has 2 rings (SSSR count). The molecule has 0 aliphatic rings. The first-order valence-corrected chi connectivity index (χ1v) is 6.38. The van der Waals surface area contributed by atoms with Gasteiger partial charge in [-0.05, 0) is 32.9 Å². The summed E-state index contributed by atoms with van der Waals surface area (Å²) in [5, 5.41) is 12.0. The summed E-state index contributed by atoms with van der Waals surface area (Å²) in [6, 6.07) is 4.95. The van der Waals surface area contributed by atoms with Crippen LogP contribution in [-0.4, -0.2) is 32.6 Å². The van der Waals surface area contributed by atoms with E-state index in [-0.39, 0.29) is 24.1 Å². The third-order valence-electron chi connectivity index (χ3n) is 2.94. The van der Waals surface area contributed by atoms with Gasteiger partial charge in [-0.2, -0.15) is 0 Å². The zero-order chi connectivity index (χ0) is 14.9. The fourth-order valence-electron chi connectivity index (χ4n) is 2.18. The predicted molar refractivity (Wildman–Crippen MR) is 74.7 cm³/mol. The van der Waals surface area contributed by atoms with Crippen molar-refractivity contribution < 1.29 is 14.7 Å². The third kappa shape index (κ3) is 2.64. The molecule has 6 nitrogen and oxygen atoms in total. The highest BCUT2D eigenvalue weighted by Gasteiger charge is 2.17. The number of nitrogens with zero attached hydrogens (tertiary/aromatic N) is 2. The van der Waals surface area contributed by atoms with E-state index < -0.39 is 5.97 Å². The van der Waals surface area contributed by atoms with E-state index in [9.17, 15) is 14.7 Å². The highest BCUT2D eigenvalue weighted by molar-refractivity contribution is 6.01. The van der Waals surface area contributed by atoms with Crippen molar-refractivity contribution in [1.82, 2.24) is 14.9 Å². The maximum atomic E-state index is 11.9. The Bertz CT molecular complexity index is 674. The van der Waals surface area contributed by atoms with Crippen LogP contribution in [0.4, 0.5) is 0 Å². The highest BCUT2D eigenvalue weighted by Crippen LogP contribution is 2.20. The molecule has 0 atom stereocenters. The van der Waals surface area contributed by atoms with Gasteiger partial charge in [-0.15, -0.1) is 0 Å². The van der Waals surface area contributed by atoms with E-state index >= 15 is 0 Å². The van der Waals surface area contributed by atoms with E-state index in [1.54, 1.807) is 23.6 Å². The molecule has 20 heavy (non-hydrogen) atoms. The number of amides is 1. The molecule has 1 amide bonds. The van der Waals surface area contributed by atoms with Crippen LogP contribution in [0.1, 0.15) is 30.0 Å². The first kappa shape index (κ1) is 14.0. The van der Waals surface area contributed by atoms with Gasteiger partial charge in [0.15, 0.2) is 0 Å². The monoisotopic (exact) mass is 275 g/mol. The van der Waals surface area contributed by atoms with Crippen molar-refractivity contribution in [3.63, 3.8) is 0 Å². The lowest BCUT2D eigenvalue weighted by atomic mass is 10.2. The number of carbonyl (C=O) groups excluding carboxylic acids is 1. The maximum Gasteiger partial charge on any atom is 0.337 e. The molecule has 0 unspecified atom stereocenters. The van der Waals surface area contributed by atoms with Gasteiger partial charge in [-0.25, -0.2) is 9.78 Å². The van der Waals surface area contributed by atoms with Crippen LogP contribution < -0.4 is 5.32 Å². The van der Waals surface area contributed by atoms with Crippen LogP contribution in [0.5, 0.6) is 0 Å². The molecule has 0 spiro atoms. The molecule has 6 heteroatoms. The molecule has 0 aliphatic carbocycles. The number of para-hydroxylation sites is 1. The molecule has 0 saturated heterocycles. The van der Waals surface area contributed by atoms with E-state index in [1.807, 2.05) is 13.8 Å². The molecule has 0 radical (unpaired) electrons. The minimum atomic E-state index is -1.03. The third-order valence-corrected chi connectivity index (χ3v) is 2.94. The van der Waals surface area contributed by atoms with Gasteiger partial charge in [0.1, 0.15) is 12.4 Å². The lowest BCUT2D eigenvalue weighted by Gasteiger charge is -2.11. The number of fused-ring (bicyclic) bond motifs is 1. The number of hydrogen-bond donors (Lipinski definition) is 2. The molecular formula is C14H17N3O3. The number of rotatable bonds is 4. The number of imidazole rings is 1. The summed E-state index contributed by atoms with van der Waals surface area (Å²) >= 11 is 0. The number of nitrogens with one attached hydrogen (secondary N) is 1. The Labute approximate surface area is 116 Å². The summed E-state index contributed by atoms with van der Waals surface area (Å²) in [5.74, 6) is -0.573. The zero-order valence-corrected chi connectivity index (χ0v) is 11.7. The van der Waals surface area contributed by atoms with Crippen LogP contribution in [0.25, 0.3) is 11.0 Å². The molecule has 0 bridgehead atoms. The van der Waals surface area contributed by atoms with E-state index in [2.05, 4.69) is 10.3 Å². The van der Waals surface area contributed by atoms with Crippen molar-refractivity contribution in [2.45, 2.75) is 33.4 Å². The van der Waals surface area contributed by atoms with Gasteiger partial charge in [0, 0.05) is 6.04 Å². The fourth-order valence-corrected chi connectivity index (χ4v) is 2.18. The van der Waals surface area contributed by atoms with Crippen molar-refractivity contribution >= 4 is 22.9 Å². The minimum Gasteiger partial charge on any atom is -0.478 e. The second kappa shape index (κ2) is 5.32. The summed E-state index contributed by atoms with van der Waals surface area (Å²) in [6.45, 7) is 5.57. The molecule has 2 N–H and O–H groups in total. The minimum absolute atomic E-state index is 0.0385. The van der Waals surface area contributed by atoms with Gasteiger partial charge in [0.05, 0.1) is 16.6 Å². The molecule has 1 aromatic carbocycles. The van der Waals surface area contributed by atoms with E-state index in [0.717, 1.165) is 0 Å². The smallest absolute Gasteiger partial charge is 0.337 e. The summed E-state index contributed by atoms with van der Waals surface area (Å²) in [5.41, 5.74) is 1.22. The fraction of sp³-hybridized carbons (Fsp3) is 0.357. The number of carboxylic acid groups (broad SMARTS) is 1. The lowest BCUT2D eigenvalue weighted by Crippen LogP contribution is -2.33. The molecular weight excluding hydrogens is 258 g/mol. The quantitative estimate of drug-likeness (QED) is 0.887. The van der Waals surface area contributed by atoms with Crippen LogP contribution in [0.15, 0.2) is 18.2 Å². The highest BCUT2D eigenvalue weighted by atomic mass is 16.4. The van der Waals surface area contributed by atoms with Crippen molar-refractivity contribution in [2.24, 2.45) is 0 Å². The van der Waals surface area contributed by atoms with Gasteiger partial charge in [0.2, 0.25) is 5.91 Å². The van der Waals surface area contributed by atoms with Gasteiger partial charge >= 0.3 is 5.97 Å². The Kier molecular flexibility index (Phi) is 3.74. The van der Waals surface area contributed by atoms with Gasteiger partial charge in [-0.1, -0.05) is 6.07 Å². The van der Waals surface area contributed by atoms with Crippen LogP contribution in [-0.2, 0) is 11.3 Å². The first-order valence-electron chi connectivity index (χ1n) is 6.38.